The lowest BCUT2D eigenvalue weighted by Gasteiger charge is -2.17. The van der Waals surface area contributed by atoms with Gasteiger partial charge in [-0.2, -0.15) is 10.5 Å². The SMILES string of the molecule is N#Cc1ccc(-n2c3ccccc3c3cc4c5ccccc5n(-c5ccccc5)c4cc32)c(C#N)c1-n1c2ccc(-c3ccccc3)cc2c2cc(-c3ccccc3)ccc21. The summed E-state index contributed by atoms with van der Waals surface area (Å²) in [6.45, 7) is 0. The average Bonchev–Trinajstić information content (AvgIpc) is 3.95. The molecule has 0 aliphatic carbocycles. The molecule has 0 spiro atoms. The Balaban J connectivity index is 1.18. The molecule has 3 heterocycles. The lowest BCUT2D eigenvalue weighted by atomic mass is 10.0. The van der Waals surface area contributed by atoms with Gasteiger partial charge in [-0.1, -0.05) is 127 Å². The third kappa shape index (κ3) is 5.12. The van der Waals surface area contributed by atoms with Crippen LogP contribution in [-0.4, -0.2) is 13.7 Å². The average molecular weight is 776 g/mol. The van der Waals surface area contributed by atoms with Crippen molar-refractivity contribution in [3.05, 3.63) is 211 Å². The minimum atomic E-state index is 0.420. The molecule has 0 aliphatic heterocycles. The highest BCUT2D eigenvalue weighted by Gasteiger charge is 2.25. The van der Waals surface area contributed by atoms with Crippen molar-refractivity contribution in [1.82, 2.24) is 13.7 Å². The van der Waals surface area contributed by atoms with Gasteiger partial charge in [-0.15, -0.1) is 0 Å². The first-order valence-corrected chi connectivity index (χ1v) is 20.4. The maximum absolute atomic E-state index is 11.5. The molecule has 282 valence electrons. The molecule has 0 unspecified atom stereocenters. The van der Waals surface area contributed by atoms with E-state index >= 15 is 0 Å². The zero-order valence-electron chi connectivity index (χ0n) is 32.8. The normalized spacial score (nSPS) is 11.6. The van der Waals surface area contributed by atoms with Gasteiger partial charge in [0.15, 0.2) is 0 Å². The molecule has 0 radical (unpaired) electrons. The molecule has 0 bridgehead atoms. The lowest BCUT2D eigenvalue weighted by Crippen LogP contribution is -2.06. The molecule has 3 aromatic heterocycles. The molecule has 0 fully saturated rings. The topological polar surface area (TPSA) is 62.4 Å². The van der Waals surface area contributed by atoms with Crippen molar-refractivity contribution in [1.29, 1.82) is 10.5 Å². The summed E-state index contributed by atoms with van der Waals surface area (Å²) < 4.78 is 6.68. The summed E-state index contributed by atoms with van der Waals surface area (Å²) in [6.07, 6.45) is 0. The van der Waals surface area contributed by atoms with E-state index in [0.717, 1.165) is 88.0 Å². The maximum atomic E-state index is 11.5. The smallest absolute Gasteiger partial charge is 0.104 e. The first-order valence-electron chi connectivity index (χ1n) is 20.4. The standard InChI is InChI=1S/C56H33N5/c57-34-40-26-29-53(60-50-23-13-11-21-43(50)47-32-46-42-20-10-12-22-49(42)59(54(46)33-55(47)60)41-18-8-3-9-19-41)48(35-58)56(40)61-51-27-24-38(36-14-4-1-5-15-36)30-44(51)45-31-39(25-28-52(45)61)37-16-6-2-7-17-37/h1-33H. The first kappa shape index (κ1) is 34.4. The molecule has 5 nitrogen and oxygen atoms in total. The molecule has 61 heavy (non-hydrogen) atoms. The van der Waals surface area contributed by atoms with Gasteiger partial charge < -0.3 is 13.7 Å². The fraction of sp³-hybridized carbons (Fsp3) is 0. The fourth-order valence-corrected chi connectivity index (χ4v) is 9.63. The Hall–Kier alpha value is -8.64. The molecule has 5 heteroatoms. The highest BCUT2D eigenvalue weighted by molar-refractivity contribution is 6.19. The molecule has 0 N–H and O–H groups in total. The summed E-state index contributed by atoms with van der Waals surface area (Å²) in [5.74, 6) is 0. The van der Waals surface area contributed by atoms with Gasteiger partial charge in [0.2, 0.25) is 0 Å². The Labute approximate surface area is 351 Å². The number of para-hydroxylation sites is 3. The minimum Gasteiger partial charge on any atom is -0.309 e. The van der Waals surface area contributed by atoms with Gasteiger partial charge in [0.1, 0.15) is 17.7 Å². The highest BCUT2D eigenvalue weighted by atomic mass is 15.0. The van der Waals surface area contributed by atoms with Crippen molar-refractivity contribution in [2.24, 2.45) is 0 Å². The van der Waals surface area contributed by atoms with Crippen LogP contribution in [0.15, 0.2) is 200 Å². The molecule has 12 rings (SSSR count). The Morgan fingerprint density at radius 2 is 0.787 bits per heavy atom. The quantitative estimate of drug-likeness (QED) is 0.175. The predicted octanol–water partition coefficient (Wildman–Crippen LogP) is 14.1. The fourth-order valence-electron chi connectivity index (χ4n) is 9.63. The third-order valence-corrected chi connectivity index (χ3v) is 12.3. The van der Waals surface area contributed by atoms with E-state index in [-0.39, 0.29) is 0 Å². The summed E-state index contributed by atoms with van der Waals surface area (Å²) in [6, 6.07) is 74.8. The van der Waals surface area contributed by atoms with Crippen molar-refractivity contribution in [2.75, 3.05) is 0 Å². The van der Waals surface area contributed by atoms with E-state index in [1.807, 2.05) is 30.3 Å². The number of benzene rings is 9. The summed E-state index contributed by atoms with van der Waals surface area (Å²) in [5, 5.41) is 28.9. The van der Waals surface area contributed by atoms with Crippen LogP contribution in [0.5, 0.6) is 0 Å². The van der Waals surface area contributed by atoms with Gasteiger partial charge in [-0.3, -0.25) is 0 Å². The predicted molar refractivity (Wildman–Crippen MR) is 250 cm³/mol. The van der Waals surface area contributed by atoms with Gasteiger partial charge >= 0.3 is 0 Å². The Kier molecular flexibility index (Phi) is 7.59. The Morgan fingerprint density at radius 3 is 1.34 bits per heavy atom. The number of aromatic nitrogens is 3. The highest BCUT2D eigenvalue weighted by Crippen LogP contribution is 2.43. The van der Waals surface area contributed by atoms with Crippen molar-refractivity contribution in [2.45, 2.75) is 0 Å². The number of hydrogen-bond donors (Lipinski definition) is 0. The maximum Gasteiger partial charge on any atom is 0.104 e. The van der Waals surface area contributed by atoms with E-state index in [4.69, 9.17) is 0 Å². The van der Waals surface area contributed by atoms with Gasteiger partial charge in [0.05, 0.1) is 50.0 Å². The number of fused-ring (bicyclic) bond motifs is 9. The number of hydrogen-bond acceptors (Lipinski definition) is 2. The molecular formula is C56H33N5. The molecule has 0 amide bonds. The molecular weight excluding hydrogens is 743 g/mol. The largest absolute Gasteiger partial charge is 0.309 e. The van der Waals surface area contributed by atoms with E-state index in [2.05, 4.69) is 196 Å². The first-order chi connectivity index (χ1) is 30.2. The number of rotatable bonds is 5. The summed E-state index contributed by atoms with van der Waals surface area (Å²) in [5.41, 5.74) is 13.6. The number of nitrogens with zero attached hydrogens (tertiary/aromatic N) is 5. The van der Waals surface area contributed by atoms with E-state index < -0.39 is 0 Å². The second kappa shape index (κ2) is 13.5. The third-order valence-electron chi connectivity index (χ3n) is 12.3. The Morgan fingerprint density at radius 1 is 0.311 bits per heavy atom. The van der Waals surface area contributed by atoms with E-state index in [9.17, 15) is 10.5 Å². The van der Waals surface area contributed by atoms with Gasteiger partial charge in [-0.05, 0) is 95.1 Å². The van der Waals surface area contributed by atoms with Gasteiger partial charge in [0, 0.05) is 38.0 Å². The van der Waals surface area contributed by atoms with Crippen LogP contribution in [0.3, 0.4) is 0 Å². The van der Waals surface area contributed by atoms with Crippen LogP contribution in [-0.2, 0) is 0 Å². The summed E-state index contributed by atoms with van der Waals surface area (Å²) in [4.78, 5) is 0. The van der Waals surface area contributed by atoms with Crippen LogP contribution in [0, 0.1) is 22.7 Å². The van der Waals surface area contributed by atoms with Crippen molar-refractivity contribution < 1.29 is 0 Å². The van der Waals surface area contributed by atoms with Crippen LogP contribution in [0.1, 0.15) is 11.1 Å². The van der Waals surface area contributed by atoms with Crippen LogP contribution in [0.25, 0.3) is 105 Å². The second-order valence-electron chi connectivity index (χ2n) is 15.5. The van der Waals surface area contributed by atoms with E-state index in [0.29, 0.717) is 22.5 Å². The van der Waals surface area contributed by atoms with Gasteiger partial charge in [-0.25, -0.2) is 0 Å². The van der Waals surface area contributed by atoms with Crippen LogP contribution >= 0.6 is 0 Å². The molecule has 0 saturated heterocycles. The van der Waals surface area contributed by atoms with Crippen molar-refractivity contribution in [3.63, 3.8) is 0 Å². The number of nitriles is 2. The van der Waals surface area contributed by atoms with Crippen LogP contribution < -0.4 is 0 Å². The summed E-state index contributed by atoms with van der Waals surface area (Å²) >= 11 is 0. The second-order valence-corrected chi connectivity index (χ2v) is 15.5. The van der Waals surface area contributed by atoms with E-state index in [1.165, 1.54) is 5.39 Å². The zero-order valence-corrected chi connectivity index (χ0v) is 32.8. The molecule has 12 aromatic rings. The molecule has 0 saturated carbocycles. The minimum absolute atomic E-state index is 0.420. The Bertz CT molecular complexity index is 3720. The van der Waals surface area contributed by atoms with Crippen LogP contribution in [0.4, 0.5) is 0 Å². The van der Waals surface area contributed by atoms with Gasteiger partial charge in [0.25, 0.3) is 0 Å². The molecule has 9 aromatic carbocycles. The zero-order chi connectivity index (χ0) is 40.6. The van der Waals surface area contributed by atoms with Crippen molar-refractivity contribution in [3.8, 4) is 51.5 Å². The lowest BCUT2D eigenvalue weighted by molar-refractivity contribution is 1.11. The van der Waals surface area contributed by atoms with E-state index in [1.54, 1.807) is 0 Å². The van der Waals surface area contributed by atoms with Crippen molar-refractivity contribution >= 4 is 65.4 Å². The monoisotopic (exact) mass is 775 g/mol. The molecule has 0 aliphatic rings. The molecule has 0 atom stereocenters. The summed E-state index contributed by atoms with van der Waals surface area (Å²) in [7, 11) is 0. The van der Waals surface area contributed by atoms with Crippen LogP contribution in [0.2, 0.25) is 0 Å².